The second kappa shape index (κ2) is 3.68. The average Bonchev–Trinajstić information content (AvgIpc) is 2.57. The first-order chi connectivity index (χ1) is 7.16. The Morgan fingerprint density at radius 2 is 2.33 bits per heavy atom. The zero-order valence-corrected chi connectivity index (χ0v) is 8.34. The van der Waals surface area contributed by atoms with E-state index in [0.29, 0.717) is 6.42 Å². The Kier molecular flexibility index (Phi) is 2.37. The van der Waals surface area contributed by atoms with Gasteiger partial charge in [0, 0.05) is 24.4 Å². The lowest BCUT2D eigenvalue weighted by molar-refractivity contribution is -0.136. The zero-order valence-electron chi connectivity index (χ0n) is 8.34. The number of aliphatic carboxylic acids is 1. The number of aryl methyl sites for hydroxylation is 2. The summed E-state index contributed by atoms with van der Waals surface area (Å²) in [6, 6.07) is 0. The molecule has 0 aliphatic heterocycles. The van der Waals surface area contributed by atoms with Gasteiger partial charge < -0.3 is 5.11 Å². The maximum absolute atomic E-state index is 10.4. The summed E-state index contributed by atoms with van der Waals surface area (Å²) in [5.74, 6) is -0.804. The van der Waals surface area contributed by atoms with Crippen LogP contribution in [0.3, 0.4) is 0 Å². The Labute approximate surface area is 86.4 Å². The Hall–Kier alpha value is -1.91. The molecule has 0 radical (unpaired) electrons. The minimum absolute atomic E-state index is 0.108. The molecule has 0 spiro atoms. The number of rotatable bonds is 3. The summed E-state index contributed by atoms with van der Waals surface area (Å²) in [6.07, 6.45) is 5.87. The van der Waals surface area contributed by atoms with Gasteiger partial charge in [0.1, 0.15) is 0 Å². The van der Waals surface area contributed by atoms with Gasteiger partial charge >= 0.3 is 5.97 Å². The summed E-state index contributed by atoms with van der Waals surface area (Å²) >= 11 is 0. The van der Waals surface area contributed by atoms with Crippen molar-refractivity contribution in [3.63, 3.8) is 0 Å². The van der Waals surface area contributed by atoms with Gasteiger partial charge in [0.15, 0.2) is 5.65 Å². The van der Waals surface area contributed by atoms with E-state index in [-0.39, 0.29) is 6.42 Å². The second-order valence-corrected chi connectivity index (χ2v) is 3.46. The van der Waals surface area contributed by atoms with Crippen LogP contribution < -0.4 is 0 Å². The van der Waals surface area contributed by atoms with Crippen molar-refractivity contribution in [2.75, 3.05) is 0 Å². The molecule has 2 aromatic rings. The first kappa shape index (κ1) is 9.64. The van der Waals surface area contributed by atoms with Gasteiger partial charge in [-0.15, -0.1) is 0 Å². The number of fused-ring (bicyclic) bond motifs is 1. The minimum atomic E-state index is -0.804. The lowest BCUT2D eigenvalue weighted by atomic mass is 10.2. The minimum Gasteiger partial charge on any atom is -0.481 e. The summed E-state index contributed by atoms with van der Waals surface area (Å²) in [6.45, 7) is 1.94. The highest BCUT2D eigenvalue weighted by Gasteiger charge is 2.07. The molecule has 0 atom stereocenters. The van der Waals surface area contributed by atoms with E-state index >= 15 is 0 Å². The van der Waals surface area contributed by atoms with Crippen LogP contribution in [0.25, 0.3) is 5.65 Å². The second-order valence-electron chi connectivity index (χ2n) is 3.46. The maximum atomic E-state index is 10.4. The molecule has 0 bridgehead atoms. The fraction of sp³-hybridized carbons (Fsp3) is 0.300. The first-order valence-electron chi connectivity index (χ1n) is 4.67. The van der Waals surface area contributed by atoms with E-state index in [1.807, 2.05) is 13.1 Å². The summed E-state index contributed by atoms with van der Waals surface area (Å²) in [7, 11) is 0. The highest BCUT2D eigenvalue weighted by molar-refractivity contribution is 5.67. The summed E-state index contributed by atoms with van der Waals surface area (Å²) < 4.78 is 1.67. The van der Waals surface area contributed by atoms with E-state index < -0.39 is 5.97 Å². The Bertz CT molecular complexity index is 504. The molecule has 5 nitrogen and oxygen atoms in total. The predicted octanol–water partition coefficient (Wildman–Crippen LogP) is 1.05. The van der Waals surface area contributed by atoms with Gasteiger partial charge in [0.2, 0.25) is 0 Å². The predicted molar refractivity (Wildman–Crippen MR) is 53.7 cm³/mol. The van der Waals surface area contributed by atoms with Crippen LogP contribution in [0.4, 0.5) is 0 Å². The van der Waals surface area contributed by atoms with E-state index in [4.69, 9.17) is 5.11 Å². The molecular formula is C10H11N3O2. The van der Waals surface area contributed by atoms with Crippen LogP contribution in [0.1, 0.15) is 17.5 Å². The fourth-order valence-electron chi connectivity index (χ4n) is 1.44. The maximum Gasteiger partial charge on any atom is 0.303 e. The lowest BCUT2D eigenvalue weighted by Gasteiger charge is -1.97. The van der Waals surface area contributed by atoms with Crippen molar-refractivity contribution >= 4 is 11.6 Å². The molecule has 0 fully saturated rings. The number of carboxylic acid groups (broad SMARTS) is 1. The molecule has 5 heteroatoms. The molecule has 2 aromatic heterocycles. The van der Waals surface area contributed by atoms with Crippen LogP contribution in [0.5, 0.6) is 0 Å². The van der Waals surface area contributed by atoms with Gasteiger partial charge in [0.25, 0.3) is 0 Å². The number of aromatic nitrogens is 3. The summed E-state index contributed by atoms with van der Waals surface area (Å²) in [5, 5.41) is 12.7. The molecule has 1 N–H and O–H groups in total. The molecule has 0 aliphatic carbocycles. The Morgan fingerprint density at radius 3 is 3.07 bits per heavy atom. The number of hydrogen-bond donors (Lipinski definition) is 1. The standard InChI is InChI=1S/C10H11N3O2/c1-7-4-11-10-8(2-3-9(14)15)5-12-13(10)6-7/h4-6H,2-3H2,1H3,(H,14,15). The third-order valence-corrected chi connectivity index (χ3v) is 2.17. The van der Waals surface area contributed by atoms with Crippen molar-refractivity contribution in [3.05, 3.63) is 29.7 Å². The first-order valence-corrected chi connectivity index (χ1v) is 4.67. The van der Waals surface area contributed by atoms with Gasteiger partial charge in [-0.1, -0.05) is 0 Å². The average molecular weight is 205 g/mol. The monoisotopic (exact) mass is 205 g/mol. The largest absolute Gasteiger partial charge is 0.481 e. The topological polar surface area (TPSA) is 67.5 Å². The quantitative estimate of drug-likeness (QED) is 0.813. The van der Waals surface area contributed by atoms with Crippen LogP contribution in [-0.2, 0) is 11.2 Å². The SMILES string of the molecule is Cc1cnc2c(CCC(=O)O)cnn2c1. The molecule has 0 unspecified atom stereocenters. The van der Waals surface area contributed by atoms with Crippen molar-refractivity contribution in [2.45, 2.75) is 19.8 Å². The third kappa shape index (κ3) is 1.96. The molecule has 15 heavy (non-hydrogen) atoms. The van der Waals surface area contributed by atoms with Crippen LogP contribution in [0, 0.1) is 6.92 Å². The van der Waals surface area contributed by atoms with Crippen molar-refractivity contribution in [2.24, 2.45) is 0 Å². The molecule has 0 saturated carbocycles. The van der Waals surface area contributed by atoms with E-state index in [1.165, 1.54) is 0 Å². The Morgan fingerprint density at radius 1 is 1.53 bits per heavy atom. The number of hydrogen-bond acceptors (Lipinski definition) is 3. The number of nitrogens with zero attached hydrogens (tertiary/aromatic N) is 3. The van der Waals surface area contributed by atoms with Crippen LogP contribution in [0.2, 0.25) is 0 Å². The molecular weight excluding hydrogens is 194 g/mol. The molecule has 2 heterocycles. The van der Waals surface area contributed by atoms with Gasteiger partial charge in [-0.05, 0) is 18.9 Å². The van der Waals surface area contributed by atoms with E-state index in [2.05, 4.69) is 10.1 Å². The van der Waals surface area contributed by atoms with E-state index in [0.717, 1.165) is 16.8 Å². The Balaban J connectivity index is 2.32. The smallest absolute Gasteiger partial charge is 0.303 e. The number of carboxylic acids is 1. The van der Waals surface area contributed by atoms with E-state index in [1.54, 1.807) is 16.9 Å². The number of carbonyl (C=O) groups is 1. The van der Waals surface area contributed by atoms with Crippen LogP contribution in [-0.4, -0.2) is 25.7 Å². The third-order valence-electron chi connectivity index (χ3n) is 2.17. The van der Waals surface area contributed by atoms with E-state index in [9.17, 15) is 4.79 Å². The van der Waals surface area contributed by atoms with Gasteiger partial charge in [0.05, 0.1) is 6.20 Å². The molecule has 0 aliphatic rings. The lowest BCUT2D eigenvalue weighted by Crippen LogP contribution is -1.98. The van der Waals surface area contributed by atoms with Crippen molar-refractivity contribution in [3.8, 4) is 0 Å². The van der Waals surface area contributed by atoms with Crippen molar-refractivity contribution in [1.29, 1.82) is 0 Å². The molecule has 0 saturated heterocycles. The summed E-state index contributed by atoms with van der Waals surface area (Å²) in [5.41, 5.74) is 2.63. The van der Waals surface area contributed by atoms with Crippen LogP contribution in [0.15, 0.2) is 18.6 Å². The molecule has 0 amide bonds. The highest BCUT2D eigenvalue weighted by atomic mass is 16.4. The van der Waals surface area contributed by atoms with Gasteiger partial charge in [-0.3, -0.25) is 4.79 Å². The highest BCUT2D eigenvalue weighted by Crippen LogP contribution is 2.10. The molecule has 0 aromatic carbocycles. The zero-order chi connectivity index (χ0) is 10.8. The van der Waals surface area contributed by atoms with Gasteiger partial charge in [-0.2, -0.15) is 5.10 Å². The fourth-order valence-corrected chi connectivity index (χ4v) is 1.44. The van der Waals surface area contributed by atoms with Crippen molar-refractivity contribution < 1.29 is 9.90 Å². The van der Waals surface area contributed by atoms with Gasteiger partial charge in [-0.25, -0.2) is 9.50 Å². The molecule has 2 rings (SSSR count). The molecule has 78 valence electrons. The van der Waals surface area contributed by atoms with Crippen molar-refractivity contribution in [1.82, 2.24) is 14.6 Å². The normalized spacial score (nSPS) is 10.7. The summed E-state index contributed by atoms with van der Waals surface area (Å²) in [4.78, 5) is 14.7. The van der Waals surface area contributed by atoms with Crippen LogP contribution >= 0.6 is 0 Å².